The highest BCUT2D eigenvalue weighted by molar-refractivity contribution is 7.89. The third-order valence-corrected chi connectivity index (χ3v) is 5.77. The van der Waals surface area contributed by atoms with Crippen molar-refractivity contribution < 1.29 is 18.3 Å². The maximum atomic E-state index is 12.6. The SMILES string of the molecule is CC(C)n1cc(S(=O)(=O)NC2(C)CCOC2C)cc1CO. The molecule has 6 nitrogen and oxygen atoms in total. The lowest BCUT2D eigenvalue weighted by Crippen LogP contribution is -2.50. The van der Waals surface area contributed by atoms with E-state index in [9.17, 15) is 13.5 Å². The monoisotopic (exact) mass is 316 g/mol. The first kappa shape index (κ1) is 16.5. The Balaban J connectivity index is 2.32. The van der Waals surface area contributed by atoms with E-state index in [4.69, 9.17) is 4.74 Å². The summed E-state index contributed by atoms with van der Waals surface area (Å²) >= 11 is 0. The van der Waals surface area contributed by atoms with E-state index in [2.05, 4.69) is 4.72 Å². The molecule has 1 fully saturated rings. The molecule has 1 aliphatic rings. The Bertz CT molecular complexity index is 608. The first-order chi connectivity index (χ1) is 9.69. The van der Waals surface area contributed by atoms with Gasteiger partial charge in [0, 0.05) is 24.5 Å². The zero-order valence-corrected chi connectivity index (χ0v) is 13.8. The number of aromatic nitrogens is 1. The van der Waals surface area contributed by atoms with Crippen LogP contribution in [0.2, 0.25) is 0 Å². The summed E-state index contributed by atoms with van der Waals surface area (Å²) in [5.41, 5.74) is -0.00995. The molecule has 2 heterocycles. The summed E-state index contributed by atoms with van der Waals surface area (Å²) in [7, 11) is -3.64. The lowest BCUT2D eigenvalue weighted by atomic mass is 9.97. The van der Waals surface area contributed by atoms with Crippen LogP contribution in [0.15, 0.2) is 17.2 Å². The summed E-state index contributed by atoms with van der Waals surface area (Å²) in [5.74, 6) is 0. The number of ether oxygens (including phenoxy) is 1. The smallest absolute Gasteiger partial charge is 0.242 e. The van der Waals surface area contributed by atoms with E-state index in [1.807, 2.05) is 27.7 Å². The minimum atomic E-state index is -3.64. The molecule has 21 heavy (non-hydrogen) atoms. The number of rotatable bonds is 5. The highest BCUT2D eigenvalue weighted by Crippen LogP contribution is 2.28. The Morgan fingerprint density at radius 3 is 2.67 bits per heavy atom. The molecule has 1 aromatic rings. The van der Waals surface area contributed by atoms with Crippen LogP contribution in [-0.4, -0.2) is 36.3 Å². The van der Waals surface area contributed by atoms with E-state index >= 15 is 0 Å². The molecule has 2 rings (SSSR count). The van der Waals surface area contributed by atoms with E-state index in [1.54, 1.807) is 10.8 Å². The van der Waals surface area contributed by atoms with Gasteiger partial charge in [-0.1, -0.05) is 0 Å². The molecule has 0 radical (unpaired) electrons. The fraction of sp³-hybridized carbons (Fsp3) is 0.714. The molecule has 0 aliphatic carbocycles. The van der Waals surface area contributed by atoms with E-state index < -0.39 is 15.6 Å². The maximum Gasteiger partial charge on any atom is 0.242 e. The van der Waals surface area contributed by atoms with Crippen LogP contribution in [0.5, 0.6) is 0 Å². The molecule has 0 saturated carbocycles. The van der Waals surface area contributed by atoms with Crippen LogP contribution in [0.3, 0.4) is 0 Å². The molecule has 0 spiro atoms. The van der Waals surface area contributed by atoms with E-state index in [0.29, 0.717) is 18.7 Å². The first-order valence-electron chi connectivity index (χ1n) is 7.17. The van der Waals surface area contributed by atoms with Gasteiger partial charge in [0.25, 0.3) is 0 Å². The summed E-state index contributed by atoms with van der Waals surface area (Å²) < 4.78 is 35.2. The van der Waals surface area contributed by atoms with Crippen molar-refractivity contribution in [3.8, 4) is 0 Å². The molecule has 1 aliphatic heterocycles. The lowest BCUT2D eigenvalue weighted by molar-refractivity contribution is 0.0957. The predicted octanol–water partition coefficient (Wildman–Crippen LogP) is 1.41. The average molecular weight is 316 g/mol. The number of nitrogens with zero attached hydrogens (tertiary/aromatic N) is 1. The van der Waals surface area contributed by atoms with Gasteiger partial charge in [-0.2, -0.15) is 0 Å². The van der Waals surface area contributed by atoms with Crippen molar-refractivity contribution >= 4 is 10.0 Å². The summed E-state index contributed by atoms with van der Waals surface area (Å²) in [6.07, 6.45) is 2.05. The lowest BCUT2D eigenvalue weighted by Gasteiger charge is -2.28. The summed E-state index contributed by atoms with van der Waals surface area (Å²) in [6, 6.07) is 1.60. The van der Waals surface area contributed by atoms with Crippen LogP contribution >= 0.6 is 0 Å². The van der Waals surface area contributed by atoms with Gasteiger partial charge >= 0.3 is 0 Å². The molecule has 2 atom stereocenters. The minimum Gasteiger partial charge on any atom is -0.390 e. The van der Waals surface area contributed by atoms with Gasteiger partial charge in [0.05, 0.1) is 18.2 Å². The Labute approximate surface area is 126 Å². The molecule has 1 saturated heterocycles. The Morgan fingerprint density at radius 2 is 2.24 bits per heavy atom. The molecule has 2 N–H and O–H groups in total. The van der Waals surface area contributed by atoms with Crippen LogP contribution in [0.25, 0.3) is 0 Å². The third-order valence-electron chi connectivity index (χ3n) is 4.19. The summed E-state index contributed by atoms with van der Waals surface area (Å²) in [6.45, 7) is 7.97. The molecular formula is C14H24N2O4S. The molecule has 2 unspecified atom stereocenters. The van der Waals surface area contributed by atoms with Gasteiger partial charge in [0.2, 0.25) is 10.0 Å². The number of sulfonamides is 1. The highest BCUT2D eigenvalue weighted by atomic mass is 32.2. The number of aliphatic hydroxyl groups is 1. The Hall–Kier alpha value is -0.890. The standard InChI is InChI=1S/C14H24N2O4S/c1-10(2)16-8-13(7-12(16)9-17)21(18,19)15-14(4)5-6-20-11(14)3/h7-8,10-11,15,17H,5-6,9H2,1-4H3. The van der Waals surface area contributed by atoms with Crippen molar-refractivity contribution in [1.82, 2.24) is 9.29 Å². The van der Waals surface area contributed by atoms with Crippen molar-refractivity contribution in [2.75, 3.05) is 6.61 Å². The van der Waals surface area contributed by atoms with E-state index in [0.717, 1.165) is 0 Å². The Morgan fingerprint density at radius 1 is 1.57 bits per heavy atom. The number of nitrogens with one attached hydrogen (secondary N) is 1. The average Bonchev–Trinajstić information content (AvgIpc) is 2.94. The number of hydrogen-bond acceptors (Lipinski definition) is 4. The topological polar surface area (TPSA) is 80.6 Å². The molecule has 120 valence electrons. The van der Waals surface area contributed by atoms with Gasteiger partial charge in [-0.15, -0.1) is 0 Å². The molecule has 0 aromatic carbocycles. The number of aliphatic hydroxyl groups excluding tert-OH is 1. The van der Waals surface area contributed by atoms with Crippen molar-refractivity contribution in [1.29, 1.82) is 0 Å². The second kappa shape index (κ2) is 5.72. The van der Waals surface area contributed by atoms with Gasteiger partial charge in [0.15, 0.2) is 0 Å². The first-order valence-corrected chi connectivity index (χ1v) is 8.65. The van der Waals surface area contributed by atoms with Gasteiger partial charge in [-0.25, -0.2) is 13.1 Å². The fourth-order valence-corrected chi connectivity index (χ4v) is 4.13. The van der Waals surface area contributed by atoms with Gasteiger partial charge < -0.3 is 14.4 Å². The van der Waals surface area contributed by atoms with Crippen LogP contribution in [0.4, 0.5) is 0 Å². The predicted molar refractivity (Wildman–Crippen MR) is 79.5 cm³/mol. The van der Waals surface area contributed by atoms with Crippen molar-refractivity contribution in [3.05, 3.63) is 18.0 Å². The fourth-order valence-electron chi connectivity index (χ4n) is 2.59. The van der Waals surface area contributed by atoms with Gasteiger partial charge in [-0.3, -0.25) is 0 Å². The second-order valence-corrected chi connectivity index (χ2v) is 7.79. The normalized spacial score (nSPS) is 26.7. The number of hydrogen-bond donors (Lipinski definition) is 2. The van der Waals surface area contributed by atoms with Crippen LogP contribution in [0.1, 0.15) is 45.9 Å². The van der Waals surface area contributed by atoms with Crippen molar-refractivity contribution in [2.45, 2.75) is 63.3 Å². The largest absolute Gasteiger partial charge is 0.390 e. The van der Waals surface area contributed by atoms with Gasteiger partial charge in [-0.05, 0) is 40.2 Å². The van der Waals surface area contributed by atoms with Gasteiger partial charge in [0.1, 0.15) is 4.90 Å². The molecular weight excluding hydrogens is 292 g/mol. The highest BCUT2D eigenvalue weighted by Gasteiger charge is 2.40. The molecule has 1 aromatic heterocycles. The second-order valence-electron chi connectivity index (χ2n) is 6.11. The quantitative estimate of drug-likeness (QED) is 0.860. The maximum absolute atomic E-state index is 12.6. The minimum absolute atomic E-state index is 0.0837. The zero-order valence-electron chi connectivity index (χ0n) is 13.0. The molecule has 7 heteroatoms. The van der Waals surface area contributed by atoms with Crippen LogP contribution in [-0.2, 0) is 21.4 Å². The zero-order chi connectivity index (χ0) is 15.8. The summed E-state index contributed by atoms with van der Waals surface area (Å²) in [5, 5.41) is 9.37. The third kappa shape index (κ3) is 3.15. The van der Waals surface area contributed by atoms with Crippen molar-refractivity contribution in [3.63, 3.8) is 0 Å². The Kier molecular flexibility index (Phi) is 4.49. The van der Waals surface area contributed by atoms with E-state index in [-0.39, 0.29) is 23.6 Å². The van der Waals surface area contributed by atoms with Crippen LogP contribution < -0.4 is 4.72 Å². The van der Waals surface area contributed by atoms with Crippen LogP contribution in [0, 0.1) is 0 Å². The molecule has 0 amide bonds. The summed E-state index contributed by atoms with van der Waals surface area (Å²) in [4.78, 5) is 0.181. The molecule has 0 bridgehead atoms. The van der Waals surface area contributed by atoms with E-state index in [1.165, 1.54) is 6.07 Å². The van der Waals surface area contributed by atoms with Crippen molar-refractivity contribution in [2.24, 2.45) is 0 Å².